The Balaban J connectivity index is 2.74. The summed E-state index contributed by atoms with van der Waals surface area (Å²) in [6, 6.07) is 4.06. The highest BCUT2D eigenvalue weighted by atomic mass is 14.6. The molecule has 0 bridgehead atoms. The molecular formula is C9H14N2. The van der Waals surface area contributed by atoms with Crippen LogP contribution in [-0.4, -0.2) is 11.5 Å². The fourth-order valence-corrected chi connectivity index (χ4v) is 1.17. The minimum Gasteiger partial charge on any atom is -0.330 e. The first-order chi connectivity index (χ1) is 5.38. The zero-order valence-electron chi connectivity index (χ0n) is 6.83. The fourth-order valence-electron chi connectivity index (χ4n) is 1.17. The van der Waals surface area contributed by atoms with E-state index in [4.69, 9.17) is 5.73 Å². The van der Waals surface area contributed by atoms with Crippen molar-refractivity contribution in [3.05, 3.63) is 30.1 Å². The average Bonchev–Trinajstić information content (AvgIpc) is 2.09. The van der Waals surface area contributed by atoms with Crippen LogP contribution in [0.15, 0.2) is 24.5 Å². The lowest BCUT2D eigenvalue weighted by atomic mass is 9.98. The van der Waals surface area contributed by atoms with E-state index in [1.165, 1.54) is 5.56 Å². The normalized spacial score (nSPS) is 12.9. The number of nitrogens with zero attached hydrogens (tertiary/aromatic N) is 1. The molecule has 1 aromatic heterocycles. The van der Waals surface area contributed by atoms with Gasteiger partial charge in [-0.15, -0.1) is 0 Å². The molecule has 2 heteroatoms. The van der Waals surface area contributed by atoms with Gasteiger partial charge < -0.3 is 5.73 Å². The van der Waals surface area contributed by atoms with E-state index in [-0.39, 0.29) is 0 Å². The predicted molar refractivity (Wildman–Crippen MR) is 46.3 cm³/mol. The summed E-state index contributed by atoms with van der Waals surface area (Å²) in [5.41, 5.74) is 6.89. The van der Waals surface area contributed by atoms with Gasteiger partial charge in [-0.1, -0.05) is 6.92 Å². The van der Waals surface area contributed by atoms with Crippen LogP contribution in [0.25, 0.3) is 0 Å². The molecule has 1 unspecified atom stereocenters. The summed E-state index contributed by atoms with van der Waals surface area (Å²) < 4.78 is 0. The number of rotatable bonds is 3. The average molecular weight is 150 g/mol. The third-order valence-corrected chi connectivity index (χ3v) is 1.95. The molecule has 60 valence electrons. The highest BCUT2D eigenvalue weighted by Crippen LogP contribution is 2.15. The zero-order chi connectivity index (χ0) is 8.10. The number of hydrogen-bond donors (Lipinski definition) is 1. The lowest BCUT2D eigenvalue weighted by Gasteiger charge is -2.10. The second-order valence-corrected chi connectivity index (χ2v) is 2.62. The van der Waals surface area contributed by atoms with E-state index in [2.05, 4.69) is 11.9 Å². The van der Waals surface area contributed by atoms with Gasteiger partial charge in [-0.05, 0) is 36.6 Å². The van der Waals surface area contributed by atoms with Gasteiger partial charge in [0, 0.05) is 12.4 Å². The second-order valence-electron chi connectivity index (χ2n) is 2.62. The third-order valence-electron chi connectivity index (χ3n) is 1.95. The van der Waals surface area contributed by atoms with Crippen molar-refractivity contribution in [1.29, 1.82) is 0 Å². The van der Waals surface area contributed by atoms with Crippen LogP contribution in [-0.2, 0) is 0 Å². The molecule has 0 aliphatic carbocycles. The summed E-state index contributed by atoms with van der Waals surface area (Å²) in [7, 11) is 0. The summed E-state index contributed by atoms with van der Waals surface area (Å²) in [5, 5.41) is 0. The van der Waals surface area contributed by atoms with Crippen molar-refractivity contribution in [1.82, 2.24) is 4.98 Å². The molecule has 0 saturated heterocycles. The molecule has 0 radical (unpaired) electrons. The molecule has 0 spiro atoms. The van der Waals surface area contributed by atoms with Crippen LogP contribution in [0.4, 0.5) is 0 Å². The molecule has 1 aromatic rings. The highest BCUT2D eigenvalue weighted by molar-refractivity contribution is 5.15. The topological polar surface area (TPSA) is 38.9 Å². The molecule has 2 N–H and O–H groups in total. The van der Waals surface area contributed by atoms with Crippen LogP contribution in [0.1, 0.15) is 24.8 Å². The standard InChI is InChI=1S/C9H14N2/c1-2-8(7-10)9-3-5-11-6-4-9/h3-6,8H,2,7,10H2,1H3. The van der Waals surface area contributed by atoms with Crippen molar-refractivity contribution in [2.24, 2.45) is 5.73 Å². The van der Waals surface area contributed by atoms with Crippen molar-refractivity contribution >= 4 is 0 Å². The van der Waals surface area contributed by atoms with Crippen molar-refractivity contribution in [2.75, 3.05) is 6.54 Å². The van der Waals surface area contributed by atoms with Crippen molar-refractivity contribution in [2.45, 2.75) is 19.3 Å². The molecule has 0 amide bonds. The largest absolute Gasteiger partial charge is 0.330 e. The van der Waals surface area contributed by atoms with Gasteiger partial charge in [0.1, 0.15) is 0 Å². The molecule has 0 aliphatic heterocycles. The van der Waals surface area contributed by atoms with Gasteiger partial charge in [0.2, 0.25) is 0 Å². The molecule has 0 fully saturated rings. The van der Waals surface area contributed by atoms with Crippen molar-refractivity contribution in [3.63, 3.8) is 0 Å². The van der Waals surface area contributed by atoms with Crippen LogP contribution in [0.2, 0.25) is 0 Å². The summed E-state index contributed by atoms with van der Waals surface area (Å²) in [6.45, 7) is 2.87. The SMILES string of the molecule is CCC(CN)c1ccncc1. The van der Waals surface area contributed by atoms with E-state index in [1.807, 2.05) is 24.5 Å². The van der Waals surface area contributed by atoms with Crippen LogP contribution < -0.4 is 5.73 Å². The third kappa shape index (κ3) is 2.02. The first kappa shape index (κ1) is 8.21. The minimum absolute atomic E-state index is 0.498. The Bertz CT molecular complexity index is 192. The first-order valence-electron chi connectivity index (χ1n) is 3.98. The molecule has 1 heterocycles. The van der Waals surface area contributed by atoms with E-state index < -0.39 is 0 Å². The Hall–Kier alpha value is -0.890. The summed E-state index contributed by atoms with van der Waals surface area (Å²) in [6.07, 6.45) is 4.72. The number of pyridine rings is 1. The number of hydrogen-bond acceptors (Lipinski definition) is 2. The van der Waals surface area contributed by atoms with E-state index in [0.29, 0.717) is 5.92 Å². The van der Waals surface area contributed by atoms with E-state index in [0.717, 1.165) is 13.0 Å². The molecule has 0 aromatic carbocycles. The molecule has 2 nitrogen and oxygen atoms in total. The minimum atomic E-state index is 0.498. The maximum absolute atomic E-state index is 5.59. The fraction of sp³-hybridized carbons (Fsp3) is 0.444. The maximum atomic E-state index is 5.59. The van der Waals surface area contributed by atoms with Crippen LogP contribution >= 0.6 is 0 Å². The monoisotopic (exact) mass is 150 g/mol. The van der Waals surface area contributed by atoms with Gasteiger partial charge >= 0.3 is 0 Å². The molecule has 1 rings (SSSR count). The van der Waals surface area contributed by atoms with Gasteiger partial charge in [-0.3, -0.25) is 4.98 Å². The maximum Gasteiger partial charge on any atom is 0.0270 e. The Morgan fingerprint density at radius 1 is 1.45 bits per heavy atom. The number of aromatic nitrogens is 1. The lowest BCUT2D eigenvalue weighted by Crippen LogP contribution is -2.11. The van der Waals surface area contributed by atoms with Gasteiger partial charge in [-0.2, -0.15) is 0 Å². The van der Waals surface area contributed by atoms with Crippen LogP contribution in [0.3, 0.4) is 0 Å². The molecule has 0 aliphatic rings. The number of nitrogens with two attached hydrogens (primary N) is 1. The first-order valence-corrected chi connectivity index (χ1v) is 3.98. The molecule has 0 saturated carbocycles. The Morgan fingerprint density at radius 3 is 2.55 bits per heavy atom. The van der Waals surface area contributed by atoms with Crippen molar-refractivity contribution < 1.29 is 0 Å². The molecule has 1 atom stereocenters. The smallest absolute Gasteiger partial charge is 0.0270 e. The Morgan fingerprint density at radius 2 is 2.09 bits per heavy atom. The van der Waals surface area contributed by atoms with Gasteiger partial charge in [0.05, 0.1) is 0 Å². The quantitative estimate of drug-likeness (QED) is 0.709. The summed E-state index contributed by atoms with van der Waals surface area (Å²) in [5.74, 6) is 0.498. The van der Waals surface area contributed by atoms with Gasteiger partial charge in [0.15, 0.2) is 0 Å². The zero-order valence-corrected chi connectivity index (χ0v) is 6.83. The van der Waals surface area contributed by atoms with E-state index in [1.54, 1.807) is 0 Å². The van der Waals surface area contributed by atoms with Gasteiger partial charge in [-0.25, -0.2) is 0 Å². The van der Waals surface area contributed by atoms with Crippen molar-refractivity contribution in [3.8, 4) is 0 Å². The second kappa shape index (κ2) is 4.09. The van der Waals surface area contributed by atoms with Crippen LogP contribution in [0, 0.1) is 0 Å². The lowest BCUT2D eigenvalue weighted by molar-refractivity contribution is 0.673. The Kier molecular flexibility index (Phi) is 3.05. The van der Waals surface area contributed by atoms with E-state index in [9.17, 15) is 0 Å². The Labute approximate surface area is 67.5 Å². The summed E-state index contributed by atoms with van der Waals surface area (Å²) in [4.78, 5) is 3.96. The van der Waals surface area contributed by atoms with Crippen LogP contribution in [0.5, 0.6) is 0 Å². The molecule has 11 heavy (non-hydrogen) atoms. The van der Waals surface area contributed by atoms with E-state index >= 15 is 0 Å². The predicted octanol–water partition coefficient (Wildman–Crippen LogP) is 1.53. The molecular weight excluding hydrogens is 136 g/mol. The summed E-state index contributed by atoms with van der Waals surface area (Å²) >= 11 is 0. The van der Waals surface area contributed by atoms with Gasteiger partial charge in [0.25, 0.3) is 0 Å². The highest BCUT2D eigenvalue weighted by Gasteiger charge is 2.04.